The zero-order valence-corrected chi connectivity index (χ0v) is 15.4. The number of benzene rings is 1. The maximum atomic E-state index is 13.4. The summed E-state index contributed by atoms with van der Waals surface area (Å²) in [5, 5.41) is 10.3. The summed E-state index contributed by atoms with van der Waals surface area (Å²) < 4.78 is 15.2. The van der Waals surface area contributed by atoms with Gasteiger partial charge in [0.1, 0.15) is 11.5 Å². The van der Waals surface area contributed by atoms with Crippen LogP contribution in [0, 0.1) is 12.7 Å². The minimum atomic E-state index is -0.308. The lowest BCUT2D eigenvalue weighted by Crippen LogP contribution is -2.45. The van der Waals surface area contributed by atoms with Gasteiger partial charge in [-0.1, -0.05) is 0 Å². The van der Waals surface area contributed by atoms with Gasteiger partial charge in [-0.3, -0.25) is 9.48 Å². The van der Waals surface area contributed by atoms with E-state index in [0.717, 1.165) is 17.7 Å². The lowest BCUT2D eigenvalue weighted by molar-refractivity contribution is 0.0947. The molecule has 7 nitrogen and oxygen atoms in total. The highest BCUT2D eigenvalue weighted by Gasteiger charge is 2.34. The van der Waals surface area contributed by atoms with E-state index in [-0.39, 0.29) is 23.8 Å². The molecule has 2 aliphatic rings. The molecule has 2 aliphatic heterocycles. The predicted octanol–water partition coefficient (Wildman–Crippen LogP) is 2.44. The molecule has 1 atom stereocenters. The molecule has 27 heavy (non-hydrogen) atoms. The van der Waals surface area contributed by atoms with Gasteiger partial charge in [-0.05, 0) is 44.0 Å². The van der Waals surface area contributed by atoms with Gasteiger partial charge in [0.25, 0.3) is 5.91 Å². The summed E-state index contributed by atoms with van der Waals surface area (Å²) in [6.45, 7) is 5.26. The third-order valence-corrected chi connectivity index (χ3v) is 5.20. The summed E-state index contributed by atoms with van der Waals surface area (Å²) in [5.74, 6) is -0.442. The summed E-state index contributed by atoms with van der Waals surface area (Å²) in [4.78, 5) is 26.9. The molecule has 0 fully saturated rings. The highest BCUT2D eigenvalue weighted by Crippen LogP contribution is 2.27. The van der Waals surface area contributed by atoms with Gasteiger partial charge < -0.3 is 15.5 Å². The van der Waals surface area contributed by atoms with Crippen molar-refractivity contribution in [2.45, 2.75) is 45.8 Å². The van der Waals surface area contributed by atoms with Crippen LogP contribution in [0.3, 0.4) is 0 Å². The summed E-state index contributed by atoms with van der Waals surface area (Å²) in [6.07, 6.45) is 1.43. The monoisotopic (exact) mass is 371 g/mol. The molecular weight excluding hydrogens is 349 g/mol. The summed E-state index contributed by atoms with van der Waals surface area (Å²) in [7, 11) is 0. The van der Waals surface area contributed by atoms with Crippen molar-refractivity contribution in [3.05, 3.63) is 46.5 Å². The van der Waals surface area contributed by atoms with E-state index >= 15 is 0 Å². The minimum Gasteiger partial charge on any atom is -0.351 e. The van der Waals surface area contributed by atoms with E-state index in [2.05, 4.69) is 15.7 Å². The zero-order chi connectivity index (χ0) is 19.1. The zero-order valence-electron chi connectivity index (χ0n) is 15.4. The van der Waals surface area contributed by atoms with Crippen LogP contribution in [0.1, 0.15) is 40.7 Å². The molecule has 1 aromatic carbocycles. The van der Waals surface area contributed by atoms with Crippen molar-refractivity contribution < 1.29 is 14.0 Å². The Labute approximate surface area is 156 Å². The van der Waals surface area contributed by atoms with E-state index in [1.807, 2.05) is 6.92 Å². The number of amides is 3. The Hall–Kier alpha value is -2.90. The SMILES string of the molecule is Cc1cc(NC(=O)N2Cc3c(nn4c3C(=O)NCCC4)C[C@H]2C)ccc1F. The second kappa shape index (κ2) is 6.68. The second-order valence-corrected chi connectivity index (χ2v) is 7.18. The normalized spacial score (nSPS) is 19.0. The predicted molar refractivity (Wildman–Crippen MR) is 98.0 cm³/mol. The van der Waals surface area contributed by atoms with E-state index < -0.39 is 0 Å². The van der Waals surface area contributed by atoms with E-state index in [1.54, 1.807) is 28.6 Å². The van der Waals surface area contributed by atoms with Gasteiger partial charge >= 0.3 is 6.03 Å². The molecule has 0 unspecified atom stereocenters. The smallest absolute Gasteiger partial charge is 0.322 e. The molecule has 0 saturated heterocycles. The number of anilines is 1. The molecule has 0 radical (unpaired) electrons. The third kappa shape index (κ3) is 3.15. The highest BCUT2D eigenvalue weighted by atomic mass is 19.1. The minimum absolute atomic E-state index is 0.0544. The first-order valence-electron chi connectivity index (χ1n) is 9.14. The van der Waals surface area contributed by atoms with Crippen LogP contribution in [-0.4, -0.2) is 39.2 Å². The summed E-state index contributed by atoms with van der Waals surface area (Å²) in [5.41, 5.74) is 3.28. The first-order valence-corrected chi connectivity index (χ1v) is 9.14. The molecule has 0 saturated carbocycles. The van der Waals surface area contributed by atoms with Crippen molar-refractivity contribution in [1.29, 1.82) is 0 Å². The van der Waals surface area contributed by atoms with Crippen LogP contribution in [0.5, 0.6) is 0 Å². The van der Waals surface area contributed by atoms with Crippen molar-refractivity contribution in [2.75, 3.05) is 11.9 Å². The van der Waals surface area contributed by atoms with Crippen LogP contribution in [0.2, 0.25) is 0 Å². The number of rotatable bonds is 1. The number of carbonyl (C=O) groups is 2. The molecule has 142 valence electrons. The van der Waals surface area contributed by atoms with E-state index in [9.17, 15) is 14.0 Å². The number of carbonyl (C=O) groups excluding carboxylic acids is 2. The molecule has 0 aliphatic carbocycles. The quantitative estimate of drug-likeness (QED) is 0.808. The molecule has 4 rings (SSSR count). The number of nitrogens with one attached hydrogen (secondary N) is 2. The van der Waals surface area contributed by atoms with Crippen LogP contribution in [0.25, 0.3) is 0 Å². The van der Waals surface area contributed by atoms with Crippen molar-refractivity contribution in [2.24, 2.45) is 0 Å². The van der Waals surface area contributed by atoms with Gasteiger partial charge in [0.15, 0.2) is 0 Å². The number of aromatic nitrogens is 2. The molecule has 3 amide bonds. The van der Waals surface area contributed by atoms with Crippen molar-refractivity contribution in [1.82, 2.24) is 20.0 Å². The number of urea groups is 1. The van der Waals surface area contributed by atoms with Crippen LogP contribution >= 0.6 is 0 Å². The maximum Gasteiger partial charge on any atom is 0.322 e. The Bertz CT molecular complexity index is 923. The van der Waals surface area contributed by atoms with Crippen LogP contribution in [0.4, 0.5) is 14.9 Å². The number of halogens is 1. The Morgan fingerprint density at radius 3 is 3.00 bits per heavy atom. The fourth-order valence-electron chi connectivity index (χ4n) is 3.72. The number of aryl methyl sites for hydroxylation is 2. The third-order valence-electron chi connectivity index (χ3n) is 5.20. The van der Waals surface area contributed by atoms with Crippen LogP contribution in [-0.2, 0) is 19.5 Å². The largest absolute Gasteiger partial charge is 0.351 e. The van der Waals surface area contributed by atoms with Gasteiger partial charge in [-0.15, -0.1) is 0 Å². The fourth-order valence-corrected chi connectivity index (χ4v) is 3.72. The Kier molecular flexibility index (Phi) is 4.33. The molecule has 2 N–H and O–H groups in total. The lowest BCUT2D eigenvalue weighted by Gasteiger charge is -2.33. The molecular formula is C19H22FN5O2. The average Bonchev–Trinajstić information content (AvgIpc) is 2.87. The Morgan fingerprint density at radius 2 is 2.22 bits per heavy atom. The topological polar surface area (TPSA) is 79.3 Å². The average molecular weight is 371 g/mol. The molecule has 3 heterocycles. The molecule has 0 bridgehead atoms. The molecule has 8 heteroatoms. The molecule has 1 aromatic heterocycles. The summed E-state index contributed by atoms with van der Waals surface area (Å²) >= 11 is 0. The van der Waals surface area contributed by atoms with Crippen LogP contribution in [0.15, 0.2) is 18.2 Å². The maximum absolute atomic E-state index is 13.4. The van der Waals surface area contributed by atoms with Crippen molar-refractivity contribution in [3.63, 3.8) is 0 Å². The lowest BCUT2D eigenvalue weighted by atomic mass is 9.99. The number of hydrogen-bond donors (Lipinski definition) is 2. The van der Waals surface area contributed by atoms with Gasteiger partial charge in [-0.25, -0.2) is 9.18 Å². The number of hydrogen-bond acceptors (Lipinski definition) is 3. The van der Waals surface area contributed by atoms with Gasteiger partial charge in [0, 0.05) is 36.8 Å². The Morgan fingerprint density at radius 1 is 1.41 bits per heavy atom. The van der Waals surface area contributed by atoms with E-state index in [0.29, 0.717) is 43.0 Å². The van der Waals surface area contributed by atoms with Gasteiger partial charge in [-0.2, -0.15) is 5.10 Å². The fraction of sp³-hybridized carbons (Fsp3) is 0.421. The van der Waals surface area contributed by atoms with Gasteiger partial charge in [0.2, 0.25) is 0 Å². The second-order valence-electron chi connectivity index (χ2n) is 7.18. The number of fused-ring (bicyclic) bond motifs is 3. The summed E-state index contributed by atoms with van der Waals surface area (Å²) in [6, 6.07) is 4.16. The first kappa shape index (κ1) is 17.5. The number of nitrogens with zero attached hydrogens (tertiary/aromatic N) is 3. The Balaban J connectivity index is 1.59. The van der Waals surface area contributed by atoms with Crippen molar-refractivity contribution >= 4 is 17.6 Å². The molecule has 0 spiro atoms. The molecule has 2 aromatic rings. The van der Waals surface area contributed by atoms with Crippen molar-refractivity contribution in [3.8, 4) is 0 Å². The standard InChI is InChI=1S/C19H22FN5O2/c1-11-8-13(4-5-15(11)20)22-19(27)24-10-14-16(9-12(24)2)23-25-7-3-6-21-18(26)17(14)25/h4-5,8,12H,3,6-7,9-10H2,1-2H3,(H,21,26)(H,22,27)/t12-/m1/s1. The highest BCUT2D eigenvalue weighted by molar-refractivity contribution is 5.95. The van der Waals surface area contributed by atoms with Crippen LogP contribution < -0.4 is 10.6 Å². The van der Waals surface area contributed by atoms with E-state index in [1.165, 1.54) is 6.07 Å². The first-order chi connectivity index (χ1) is 12.9. The van der Waals surface area contributed by atoms with Gasteiger partial charge in [0.05, 0.1) is 12.2 Å². The van der Waals surface area contributed by atoms with E-state index in [4.69, 9.17) is 0 Å².